The first-order chi connectivity index (χ1) is 11.5. The van der Waals surface area contributed by atoms with E-state index in [4.69, 9.17) is 21.7 Å². The van der Waals surface area contributed by atoms with Gasteiger partial charge in [0.2, 0.25) is 0 Å². The lowest BCUT2D eigenvalue weighted by molar-refractivity contribution is -0.115. The van der Waals surface area contributed by atoms with Gasteiger partial charge in [-0.1, -0.05) is 6.07 Å². The molecular formula is C16H15N3O3S2. The Morgan fingerprint density at radius 1 is 1.33 bits per heavy atom. The van der Waals surface area contributed by atoms with E-state index in [9.17, 15) is 4.79 Å². The van der Waals surface area contributed by atoms with Gasteiger partial charge in [-0.3, -0.25) is 10.1 Å². The SMILES string of the molecule is COc1cc(/C=C2\NC(=S)NC2=O)ccc1OCc1csc(C)n1. The molecule has 0 saturated carbocycles. The van der Waals surface area contributed by atoms with Gasteiger partial charge in [-0.2, -0.15) is 0 Å². The van der Waals surface area contributed by atoms with Gasteiger partial charge in [0.25, 0.3) is 5.91 Å². The fourth-order valence-electron chi connectivity index (χ4n) is 2.17. The summed E-state index contributed by atoms with van der Waals surface area (Å²) in [6.07, 6.45) is 1.70. The smallest absolute Gasteiger partial charge is 0.273 e. The molecule has 1 aliphatic heterocycles. The highest BCUT2D eigenvalue weighted by Crippen LogP contribution is 2.29. The van der Waals surface area contributed by atoms with Crippen molar-refractivity contribution in [2.24, 2.45) is 0 Å². The third-order valence-corrected chi connectivity index (χ3v) is 4.29. The minimum atomic E-state index is -0.252. The molecule has 0 radical (unpaired) electrons. The zero-order chi connectivity index (χ0) is 17.1. The Hall–Kier alpha value is -2.45. The second-order valence-corrected chi connectivity index (χ2v) is 6.49. The van der Waals surface area contributed by atoms with Crippen molar-refractivity contribution in [1.29, 1.82) is 0 Å². The van der Waals surface area contributed by atoms with Gasteiger partial charge in [-0.15, -0.1) is 11.3 Å². The number of aromatic nitrogens is 1. The predicted octanol–water partition coefficient (Wildman–Crippen LogP) is 2.38. The lowest BCUT2D eigenvalue weighted by atomic mass is 10.1. The first kappa shape index (κ1) is 16.4. The van der Waals surface area contributed by atoms with Crippen LogP contribution in [0.5, 0.6) is 11.5 Å². The molecular weight excluding hydrogens is 346 g/mol. The number of thiocarbonyl (C=S) groups is 1. The molecule has 0 bridgehead atoms. The van der Waals surface area contributed by atoms with Crippen molar-refractivity contribution in [3.05, 3.63) is 45.5 Å². The number of carbonyl (C=O) groups excluding carboxylic acids is 1. The van der Waals surface area contributed by atoms with Gasteiger partial charge >= 0.3 is 0 Å². The fourth-order valence-corrected chi connectivity index (χ4v) is 2.97. The number of amides is 1. The summed E-state index contributed by atoms with van der Waals surface area (Å²) < 4.78 is 11.1. The molecule has 2 N–H and O–H groups in total. The van der Waals surface area contributed by atoms with Crippen LogP contribution in [0.3, 0.4) is 0 Å². The zero-order valence-corrected chi connectivity index (χ0v) is 14.7. The number of methoxy groups -OCH3 is 1. The second kappa shape index (κ2) is 6.98. The number of thiazole rings is 1. The molecule has 3 rings (SSSR count). The molecule has 6 nitrogen and oxygen atoms in total. The summed E-state index contributed by atoms with van der Waals surface area (Å²) in [5, 5.41) is 8.60. The van der Waals surface area contributed by atoms with Crippen LogP contribution in [0.25, 0.3) is 6.08 Å². The molecule has 1 fully saturated rings. The third-order valence-electron chi connectivity index (χ3n) is 3.26. The van der Waals surface area contributed by atoms with Crippen molar-refractivity contribution in [2.75, 3.05) is 7.11 Å². The minimum Gasteiger partial charge on any atom is -0.493 e. The topological polar surface area (TPSA) is 72.5 Å². The number of benzene rings is 1. The number of hydrogen-bond donors (Lipinski definition) is 2. The van der Waals surface area contributed by atoms with Gasteiger partial charge < -0.3 is 14.8 Å². The van der Waals surface area contributed by atoms with E-state index in [0.717, 1.165) is 16.3 Å². The Bertz CT molecular complexity index is 830. The summed E-state index contributed by atoms with van der Waals surface area (Å²) in [5.41, 5.74) is 2.07. The summed E-state index contributed by atoms with van der Waals surface area (Å²) in [4.78, 5) is 16.0. The Morgan fingerprint density at radius 3 is 2.79 bits per heavy atom. The van der Waals surface area contributed by atoms with Crippen molar-refractivity contribution in [2.45, 2.75) is 13.5 Å². The molecule has 24 heavy (non-hydrogen) atoms. The quantitative estimate of drug-likeness (QED) is 0.629. The number of aryl methyl sites for hydroxylation is 1. The van der Waals surface area contributed by atoms with E-state index in [-0.39, 0.29) is 5.91 Å². The van der Waals surface area contributed by atoms with E-state index in [0.29, 0.717) is 28.9 Å². The van der Waals surface area contributed by atoms with E-state index in [1.807, 2.05) is 18.4 Å². The van der Waals surface area contributed by atoms with Crippen LogP contribution < -0.4 is 20.1 Å². The molecule has 1 saturated heterocycles. The molecule has 0 atom stereocenters. The molecule has 0 unspecified atom stereocenters. The van der Waals surface area contributed by atoms with Crippen LogP contribution in [-0.2, 0) is 11.4 Å². The number of nitrogens with one attached hydrogen (secondary N) is 2. The van der Waals surface area contributed by atoms with Crippen LogP contribution in [0.1, 0.15) is 16.3 Å². The van der Waals surface area contributed by atoms with Crippen molar-refractivity contribution in [3.8, 4) is 11.5 Å². The number of rotatable bonds is 5. The minimum absolute atomic E-state index is 0.252. The number of hydrogen-bond acceptors (Lipinski definition) is 6. The highest BCUT2D eigenvalue weighted by molar-refractivity contribution is 7.80. The number of carbonyl (C=O) groups is 1. The van der Waals surface area contributed by atoms with E-state index in [1.165, 1.54) is 0 Å². The average Bonchev–Trinajstić information content (AvgIpc) is 3.11. The Kier molecular flexibility index (Phi) is 4.77. The van der Waals surface area contributed by atoms with Crippen LogP contribution in [-0.4, -0.2) is 23.1 Å². The molecule has 0 aliphatic carbocycles. The molecule has 8 heteroatoms. The summed E-state index contributed by atoms with van der Waals surface area (Å²) in [5.74, 6) is 0.945. The Labute approximate surface area is 148 Å². The van der Waals surface area contributed by atoms with E-state index in [1.54, 1.807) is 36.7 Å². The summed E-state index contributed by atoms with van der Waals surface area (Å²) in [7, 11) is 1.57. The summed E-state index contributed by atoms with van der Waals surface area (Å²) in [6.45, 7) is 2.33. The molecule has 124 valence electrons. The van der Waals surface area contributed by atoms with Crippen molar-refractivity contribution < 1.29 is 14.3 Å². The van der Waals surface area contributed by atoms with Gasteiger partial charge in [-0.25, -0.2) is 4.98 Å². The van der Waals surface area contributed by atoms with Gasteiger partial charge in [0, 0.05) is 5.38 Å². The standard InChI is InChI=1S/C16H15N3O3S2/c1-9-17-11(8-24-9)7-22-13-4-3-10(6-14(13)21-2)5-12-15(20)19-16(23)18-12/h3-6,8H,7H2,1-2H3,(H2,18,19,20,23)/b12-5-. The lowest BCUT2D eigenvalue weighted by Crippen LogP contribution is -2.21. The Balaban J connectivity index is 1.76. The predicted molar refractivity (Wildman–Crippen MR) is 96.0 cm³/mol. The molecule has 2 heterocycles. The zero-order valence-electron chi connectivity index (χ0n) is 13.1. The third kappa shape index (κ3) is 3.72. The van der Waals surface area contributed by atoms with Gasteiger partial charge in [0.05, 0.1) is 17.8 Å². The maximum absolute atomic E-state index is 11.7. The molecule has 2 aromatic rings. The normalized spacial score (nSPS) is 15.3. The van der Waals surface area contributed by atoms with Crippen LogP contribution in [0.15, 0.2) is 29.3 Å². The largest absolute Gasteiger partial charge is 0.493 e. The molecule has 1 aromatic carbocycles. The van der Waals surface area contributed by atoms with E-state index in [2.05, 4.69) is 15.6 Å². The maximum Gasteiger partial charge on any atom is 0.273 e. The molecule has 1 aromatic heterocycles. The van der Waals surface area contributed by atoms with E-state index >= 15 is 0 Å². The fraction of sp³-hybridized carbons (Fsp3) is 0.188. The molecule has 1 aliphatic rings. The second-order valence-electron chi connectivity index (χ2n) is 5.02. The van der Waals surface area contributed by atoms with Crippen LogP contribution >= 0.6 is 23.6 Å². The highest BCUT2D eigenvalue weighted by atomic mass is 32.1. The van der Waals surface area contributed by atoms with Crippen molar-refractivity contribution in [1.82, 2.24) is 15.6 Å². The monoisotopic (exact) mass is 361 g/mol. The number of ether oxygens (including phenoxy) is 2. The maximum atomic E-state index is 11.7. The number of nitrogens with zero attached hydrogens (tertiary/aromatic N) is 1. The van der Waals surface area contributed by atoms with Crippen LogP contribution in [0.2, 0.25) is 0 Å². The van der Waals surface area contributed by atoms with Crippen LogP contribution in [0, 0.1) is 6.92 Å². The van der Waals surface area contributed by atoms with Crippen molar-refractivity contribution in [3.63, 3.8) is 0 Å². The van der Waals surface area contributed by atoms with E-state index < -0.39 is 0 Å². The molecule has 0 spiro atoms. The lowest BCUT2D eigenvalue weighted by Gasteiger charge is -2.10. The first-order valence-corrected chi connectivity index (χ1v) is 8.40. The van der Waals surface area contributed by atoms with Gasteiger partial charge in [0.1, 0.15) is 12.3 Å². The first-order valence-electron chi connectivity index (χ1n) is 7.11. The Morgan fingerprint density at radius 2 is 2.17 bits per heavy atom. The summed E-state index contributed by atoms with van der Waals surface area (Å²) >= 11 is 6.49. The van der Waals surface area contributed by atoms with Gasteiger partial charge in [0.15, 0.2) is 16.6 Å². The van der Waals surface area contributed by atoms with Crippen molar-refractivity contribution >= 4 is 40.7 Å². The van der Waals surface area contributed by atoms with Crippen LogP contribution in [0.4, 0.5) is 0 Å². The average molecular weight is 361 g/mol. The van der Waals surface area contributed by atoms with Gasteiger partial charge in [-0.05, 0) is 42.9 Å². The molecule has 1 amide bonds. The highest BCUT2D eigenvalue weighted by Gasteiger charge is 2.20. The summed E-state index contributed by atoms with van der Waals surface area (Å²) in [6, 6.07) is 5.44.